The highest BCUT2D eigenvalue weighted by atomic mass is 35.5. The molecular formula is C13H8ClF3N2O4. The minimum Gasteiger partial charge on any atom is -0.478 e. The van der Waals surface area contributed by atoms with Crippen LogP contribution < -0.4 is 11.2 Å². The predicted octanol–water partition coefficient (Wildman–Crippen LogP) is 2.19. The fourth-order valence-electron chi connectivity index (χ4n) is 2.00. The molecule has 0 spiro atoms. The van der Waals surface area contributed by atoms with Crippen molar-refractivity contribution in [1.29, 1.82) is 0 Å². The van der Waals surface area contributed by atoms with E-state index in [1.807, 2.05) is 0 Å². The molecule has 1 heterocycles. The Labute approximate surface area is 131 Å². The maximum Gasteiger partial charge on any atom is 0.340 e. The molecule has 0 amide bonds. The molecule has 6 nitrogen and oxygen atoms in total. The van der Waals surface area contributed by atoms with Crippen LogP contribution >= 0.6 is 11.6 Å². The summed E-state index contributed by atoms with van der Waals surface area (Å²) in [6.45, 7) is -2.15. The Bertz CT molecular complexity index is 921. The van der Waals surface area contributed by atoms with Gasteiger partial charge >= 0.3 is 18.2 Å². The first-order valence-electron chi connectivity index (χ1n) is 6.01. The Hall–Kier alpha value is -2.55. The van der Waals surface area contributed by atoms with Crippen molar-refractivity contribution in [1.82, 2.24) is 9.13 Å². The van der Waals surface area contributed by atoms with Gasteiger partial charge in [-0.05, 0) is 19.1 Å². The summed E-state index contributed by atoms with van der Waals surface area (Å²) >= 11 is 5.56. The molecule has 0 unspecified atom stereocenters. The van der Waals surface area contributed by atoms with Gasteiger partial charge in [-0.15, -0.1) is 0 Å². The van der Waals surface area contributed by atoms with Gasteiger partial charge in [0, 0.05) is 11.8 Å². The zero-order chi connectivity index (χ0) is 17.5. The van der Waals surface area contributed by atoms with E-state index < -0.39 is 45.9 Å². The van der Waals surface area contributed by atoms with Crippen molar-refractivity contribution in [3.63, 3.8) is 0 Å². The lowest BCUT2D eigenvalue weighted by Gasteiger charge is -2.13. The first kappa shape index (κ1) is 16.8. The number of hydrogen-bond donors (Lipinski definition) is 1. The lowest BCUT2D eigenvalue weighted by atomic mass is 10.2. The van der Waals surface area contributed by atoms with Crippen molar-refractivity contribution in [2.45, 2.75) is 13.5 Å². The second kappa shape index (κ2) is 5.92. The van der Waals surface area contributed by atoms with Crippen molar-refractivity contribution in [3.8, 4) is 5.69 Å². The van der Waals surface area contributed by atoms with Crippen LogP contribution in [0.25, 0.3) is 5.69 Å². The molecule has 0 atom stereocenters. The van der Waals surface area contributed by atoms with Crippen LogP contribution in [0.5, 0.6) is 0 Å². The van der Waals surface area contributed by atoms with Gasteiger partial charge in [0.25, 0.3) is 5.56 Å². The zero-order valence-corrected chi connectivity index (χ0v) is 12.1. The number of halogens is 4. The van der Waals surface area contributed by atoms with Gasteiger partial charge in [-0.2, -0.15) is 8.78 Å². The van der Waals surface area contributed by atoms with E-state index in [2.05, 4.69) is 0 Å². The molecule has 1 N–H and O–H groups in total. The summed E-state index contributed by atoms with van der Waals surface area (Å²) in [6, 6.07) is 1.93. The van der Waals surface area contributed by atoms with E-state index in [0.29, 0.717) is 18.2 Å². The molecule has 0 fully saturated rings. The van der Waals surface area contributed by atoms with E-state index >= 15 is 0 Å². The number of carboxylic acids is 1. The number of carbonyl (C=O) groups is 1. The van der Waals surface area contributed by atoms with Crippen molar-refractivity contribution in [3.05, 3.63) is 61.1 Å². The lowest BCUT2D eigenvalue weighted by Crippen LogP contribution is -2.40. The number of aromatic carboxylic acids is 1. The van der Waals surface area contributed by atoms with Crippen LogP contribution in [0.4, 0.5) is 13.2 Å². The van der Waals surface area contributed by atoms with Gasteiger partial charge in [0.15, 0.2) is 0 Å². The Morgan fingerprint density at radius 2 is 1.87 bits per heavy atom. The molecule has 2 rings (SSSR count). The molecule has 10 heteroatoms. The number of benzene rings is 1. The number of aryl methyl sites for hydroxylation is 1. The van der Waals surface area contributed by atoms with Gasteiger partial charge in [-0.3, -0.25) is 4.79 Å². The van der Waals surface area contributed by atoms with Crippen LogP contribution in [0.2, 0.25) is 5.02 Å². The molecule has 0 bridgehead atoms. The number of nitrogens with zero attached hydrogens (tertiary/aromatic N) is 2. The largest absolute Gasteiger partial charge is 0.478 e. The monoisotopic (exact) mass is 348 g/mol. The van der Waals surface area contributed by atoms with Crippen LogP contribution in [-0.2, 0) is 0 Å². The van der Waals surface area contributed by atoms with Crippen molar-refractivity contribution in [2.75, 3.05) is 0 Å². The second-order valence-corrected chi connectivity index (χ2v) is 4.89. The molecule has 1 aromatic heterocycles. The smallest absolute Gasteiger partial charge is 0.340 e. The van der Waals surface area contributed by atoms with E-state index in [-0.39, 0.29) is 14.8 Å². The third-order valence-electron chi connectivity index (χ3n) is 3.03. The third kappa shape index (κ3) is 2.87. The molecule has 23 heavy (non-hydrogen) atoms. The second-order valence-electron chi connectivity index (χ2n) is 4.48. The SMILES string of the molecule is Cc1cc(=O)n(-c2cc(C(=O)O)c(Cl)cc2F)c(=O)n1C(F)F. The van der Waals surface area contributed by atoms with Crippen molar-refractivity contribution < 1.29 is 23.1 Å². The van der Waals surface area contributed by atoms with E-state index in [1.165, 1.54) is 0 Å². The zero-order valence-electron chi connectivity index (χ0n) is 11.4. The first-order valence-corrected chi connectivity index (χ1v) is 6.39. The molecule has 122 valence electrons. The highest BCUT2D eigenvalue weighted by Crippen LogP contribution is 2.22. The fourth-order valence-corrected chi connectivity index (χ4v) is 2.23. The highest BCUT2D eigenvalue weighted by molar-refractivity contribution is 6.33. The van der Waals surface area contributed by atoms with E-state index in [9.17, 15) is 27.6 Å². The maximum absolute atomic E-state index is 14.0. The standard InChI is InChI=1S/C13H8ClF3N2O4/c1-5-2-10(20)19(13(23)18(5)12(16)17)9-3-6(11(21)22)7(14)4-8(9)15/h2-4,12H,1H3,(H,21,22). The van der Waals surface area contributed by atoms with Crippen LogP contribution in [-0.4, -0.2) is 20.2 Å². The lowest BCUT2D eigenvalue weighted by molar-refractivity contribution is 0.0614. The topological polar surface area (TPSA) is 81.3 Å². The van der Waals surface area contributed by atoms with Gasteiger partial charge in [0.2, 0.25) is 0 Å². The number of carboxylic acid groups (broad SMARTS) is 1. The van der Waals surface area contributed by atoms with E-state index in [0.717, 1.165) is 6.92 Å². The van der Waals surface area contributed by atoms with Gasteiger partial charge < -0.3 is 5.11 Å². The maximum atomic E-state index is 14.0. The van der Waals surface area contributed by atoms with Gasteiger partial charge in [-0.25, -0.2) is 23.1 Å². The predicted molar refractivity (Wildman–Crippen MR) is 74.2 cm³/mol. The summed E-state index contributed by atoms with van der Waals surface area (Å²) in [5, 5.41) is 8.49. The van der Waals surface area contributed by atoms with Crippen LogP contribution in [0, 0.1) is 12.7 Å². The highest BCUT2D eigenvalue weighted by Gasteiger charge is 2.21. The number of aromatic nitrogens is 2. The molecule has 0 radical (unpaired) electrons. The average Bonchev–Trinajstić information content (AvgIpc) is 2.39. The van der Waals surface area contributed by atoms with Gasteiger partial charge in [0.1, 0.15) is 5.82 Å². The quantitative estimate of drug-likeness (QED) is 0.922. The van der Waals surface area contributed by atoms with Crippen molar-refractivity contribution >= 4 is 17.6 Å². The molecule has 2 aromatic rings. The molecule has 1 aromatic carbocycles. The summed E-state index contributed by atoms with van der Waals surface area (Å²) in [4.78, 5) is 35.0. The summed E-state index contributed by atoms with van der Waals surface area (Å²) in [7, 11) is 0. The van der Waals surface area contributed by atoms with Crippen molar-refractivity contribution in [2.24, 2.45) is 0 Å². The van der Waals surface area contributed by atoms with E-state index in [4.69, 9.17) is 16.7 Å². The van der Waals surface area contributed by atoms with E-state index in [1.54, 1.807) is 0 Å². The fraction of sp³-hybridized carbons (Fsp3) is 0.154. The Morgan fingerprint density at radius 3 is 2.39 bits per heavy atom. The Kier molecular flexibility index (Phi) is 4.33. The summed E-state index contributed by atoms with van der Waals surface area (Å²) < 4.78 is 40.0. The number of alkyl halides is 2. The molecule has 0 saturated heterocycles. The molecular weight excluding hydrogens is 341 g/mol. The van der Waals surface area contributed by atoms with Crippen LogP contribution in [0.3, 0.4) is 0 Å². The van der Waals surface area contributed by atoms with Gasteiger partial charge in [-0.1, -0.05) is 11.6 Å². The Morgan fingerprint density at radius 1 is 1.26 bits per heavy atom. The molecule has 0 saturated carbocycles. The molecule has 0 aliphatic rings. The number of rotatable bonds is 3. The van der Waals surface area contributed by atoms with Gasteiger partial charge in [0.05, 0.1) is 16.3 Å². The van der Waals surface area contributed by atoms with Crippen LogP contribution in [0.1, 0.15) is 22.6 Å². The average molecular weight is 349 g/mol. The minimum atomic E-state index is -3.26. The summed E-state index contributed by atoms with van der Waals surface area (Å²) in [5.41, 5.74) is -4.27. The molecule has 0 aliphatic heterocycles. The summed E-state index contributed by atoms with van der Waals surface area (Å²) in [6.07, 6.45) is 0. The van der Waals surface area contributed by atoms with Crippen LogP contribution in [0.15, 0.2) is 27.8 Å². The minimum absolute atomic E-state index is 0.0180. The third-order valence-corrected chi connectivity index (χ3v) is 3.35. The Balaban J connectivity index is 2.91. The molecule has 0 aliphatic carbocycles. The normalized spacial score (nSPS) is 11.0. The first-order chi connectivity index (χ1) is 10.6. The summed E-state index contributed by atoms with van der Waals surface area (Å²) in [5.74, 6) is -2.74. The number of hydrogen-bond acceptors (Lipinski definition) is 3.